The van der Waals surface area contributed by atoms with Crippen molar-refractivity contribution in [1.82, 2.24) is 0 Å². The van der Waals surface area contributed by atoms with Crippen LogP contribution in [0.1, 0.15) is 11.3 Å². The Balaban J connectivity index is 2.22. The molecule has 0 unspecified atom stereocenters. The fraction of sp³-hybridized carbons (Fsp3) is 0.0833. The molecule has 0 saturated carbocycles. The van der Waals surface area contributed by atoms with Crippen LogP contribution in [0.4, 0.5) is 0 Å². The molecule has 17 heavy (non-hydrogen) atoms. The van der Waals surface area contributed by atoms with Crippen LogP contribution in [0.5, 0.6) is 11.7 Å². The first-order valence-electron chi connectivity index (χ1n) is 4.90. The number of rotatable bonds is 3. The van der Waals surface area contributed by atoms with Crippen molar-refractivity contribution >= 4 is 28.8 Å². The van der Waals surface area contributed by atoms with E-state index >= 15 is 0 Å². The maximum Gasteiger partial charge on any atom is 0.290 e. The average molecular weight is 268 g/mol. The third-order valence-corrected chi connectivity index (χ3v) is 2.61. The van der Waals surface area contributed by atoms with Gasteiger partial charge in [-0.3, -0.25) is 0 Å². The molecular weight excluding hydrogens is 258 g/mol. The topological polar surface area (TPSA) is 48.4 Å². The van der Waals surface area contributed by atoms with Crippen LogP contribution in [0.25, 0.3) is 0 Å². The van der Waals surface area contributed by atoms with Crippen LogP contribution < -0.4 is 10.5 Å². The van der Waals surface area contributed by atoms with Crippen molar-refractivity contribution in [1.29, 1.82) is 0 Å². The highest BCUT2D eigenvalue weighted by atomic mass is 35.5. The number of nitrogens with two attached hydrogens (primary N) is 1. The van der Waals surface area contributed by atoms with Gasteiger partial charge in [0.1, 0.15) is 10.7 Å². The summed E-state index contributed by atoms with van der Waals surface area (Å²) in [4.78, 5) is 0.202. The van der Waals surface area contributed by atoms with E-state index in [0.29, 0.717) is 22.5 Å². The third kappa shape index (κ3) is 2.78. The van der Waals surface area contributed by atoms with Gasteiger partial charge in [-0.1, -0.05) is 23.8 Å². The highest BCUT2D eigenvalue weighted by Crippen LogP contribution is 2.28. The molecule has 1 aromatic carbocycles. The number of ether oxygens (including phenoxy) is 1. The molecule has 0 saturated heterocycles. The molecular formula is C12H10ClNO2S. The molecule has 5 heteroatoms. The van der Waals surface area contributed by atoms with E-state index in [1.165, 1.54) is 0 Å². The van der Waals surface area contributed by atoms with E-state index in [1.54, 1.807) is 24.3 Å². The summed E-state index contributed by atoms with van der Waals surface area (Å²) in [6, 6.07) is 8.68. The number of aryl methyl sites for hydroxylation is 1. The van der Waals surface area contributed by atoms with Gasteiger partial charge in [0.25, 0.3) is 5.95 Å². The van der Waals surface area contributed by atoms with Crippen LogP contribution in [0.2, 0.25) is 5.02 Å². The molecule has 0 amide bonds. The first kappa shape index (κ1) is 12.0. The number of hydrogen-bond donors (Lipinski definition) is 1. The Labute approximate surface area is 109 Å². The van der Waals surface area contributed by atoms with Gasteiger partial charge in [0.15, 0.2) is 5.76 Å². The largest absolute Gasteiger partial charge is 0.426 e. The molecule has 3 nitrogen and oxygen atoms in total. The van der Waals surface area contributed by atoms with Gasteiger partial charge in [-0.2, -0.15) is 0 Å². The zero-order chi connectivity index (χ0) is 12.4. The molecule has 0 fully saturated rings. The lowest BCUT2D eigenvalue weighted by Crippen LogP contribution is -2.07. The van der Waals surface area contributed by atoms with Crippen molar-refractivity contribution in [3.8, 4) is 11.7 Å². The number of benzene rings is 1. The Morgan fingerprint density at radius 1 is 1.35 bits per heavy atom. The zero-order valence-electron chi connectivity index (χ0n) is 9.07. The lowest BCUT2D eigenvalue weighted by atomic mass is 10.2. The number of thiocarbonyl (C=S) groups is 1. The van der Waals surface area contributed by atoms with Crippen LogP contribution >= 0.6 is 23.8 Å². The molecule has 0 radical (unpaired) electrons. The quantitative estimate of drug-likeness (QED) is 0.862. The van der Waals surface area contributed by atoms with Crippen LogP contribution in [-0.2, 0) is 0 Å². The van der Waals surface area contributed by atoms with Gasteiger partial charge >= 0.3 is 0 Å². The summed E-state index contributed by atoms with van der Waals surface area (Å²) in [6.07, 6.45) is 0. The van der Waals surface area contributed by atoms with Gasteiger partial charge in [0, 0.05) is 11.1 Å². The molecule has 2 aromatic rings. The van der Waals surface area contributed by atoms with Crippen molar-refractivity contribution < 1.29 is 9.15 Å². The van der Waals surface area contributed by atoms with Gasteiger partial charge in [0.2, 0.25) is 0 Å². The van der Waals surface area contributed by atoms with Crippen molar-refractivity contribution in [2.45, 2.75) is 6.92 Å². The lowest BCUT2D eigenvalue weighted by Gasteiger charge is -2.05. The van der Waals surface area contributed by atoms with Gasteiger partial charge < -0.3 is 14.9 Å². The zero-order valence-corrected chi connectivity index (χ0v) is 10.6. The van der Waals surface area contributed by atoms with Gasteiger partial charge in [-0.25, -0.2) is 0 Å². The number of halogens is 1. The predicted octanol–water partition coefficient (Wildman–Crippen LogP) is 3.67. The lowest BCUT2D eigenvalue weighted by molar-refractivity contribution is 0.343. The fourth-order valence-electron chi connectivity index (χ4n) is 1.34. The molecule has 1 heterocycles. The molecule has 0 aliphatic heterocycles. The summed E-state index contributed by atoms with van der Waals surface area (Å²) in [5, 5.41) is 0.665. The average Bonchev–Trinajstić information content (AvgIpc) is 2.71. The minimum absolute atomic E-state index is 0.202. The molecule has 2 rings (SSSR count). The van der Waals surface area contributed by atoms with Gasteiger partial charge in [0.05, 0.1) is 0 Å². The van der Waals surface area contributed by atoms with Crippen molar-refractivity contribution in [2.75, 3.05) is 0 Å². The van der Waals surface area contributed by atoms with E-state index in [-0.39, 0.29) is 4.99 Å². The van der Waals surface area contributed by atoms with Crippen LogP contribution in [-0.4, -0.2) is 4.99 Å². The van der Waals surface area contributed by atoms with Crippen LogP contribution in [0.3, 0.4) is 0 Å². The number of furan rings is 1. The molecule has 2 N–H and O–H groups in total. The summed E-state index contributed by atoms with van der Waals surface area (Å²) in [5.74, 6) is 1.46. The van der Waals surface area contributed by atoms with E-state index in [4.69, 9.17) is 38.7 Å². The standard InChI is InChI=1S/C12H10ClNO2S/c1-7-6-8(13)2-3-9(7)15-11-5-4-10(16-11)12(14)17/h2-6H,1H3,(H2,14,17). The summed E-state index contributed by atoms with van der Waals surface area (Å²) in [7, 11) is 0. The Bertz CT molecular complexity index is 565. The second kappa shape index (κ2) is 4.77. The highest BCUT2D eigenvalue weighted by molar-refractivity contribution is 7.80. The minimum atomic E-state index is 0.202. The normalized spacial score (nSPS) is 10.2. The minimum Gasteiger partial charge on any atom is -0.426 e. The van der Waals surface area contributed by atoms with E-state index in [9.17, 15) is 0 Å². The monoisotopic (exact) mass is 267 g/mol. The van der Waals surface area contributed by atoms with Crippen LogP contribution in [0, 0.1) is 6.92 Å². The highest BCUT2D eigenvalue weighted by Gasteiger charge is 2.08. The van der Waals surface area contributed by atoms with Crippen molar-refractivity contribution in [2.24, 2.45) is 5.73 Å². The molecule has 0 aliphatic carbocycles. The first-order valence-corrected chi connectivity index (χ1v) is 5.68. The maximum atomic E-state index is 5.85. The van der Waals surface area contributed by atoms with Crippen molar-refractivity contribution in [3.63, 3.8) is 0 Å². The summed E-state index contributed by atoms with van der Waals surface area (Å²) in [5.41, 5.74) is 6.36. The molecule has 0 bridgehead atoms. The van der Waals surface area contributed by atoms with Crippen LogP contribution in [0.15, 0.2) is 34.7 Å². The van der Waals surface area contributed by atoms with Crippen molar-refractivity contribution in [3.05, 3.63) is 46.7 Å². The summed E-state index contributed by atoms with van der Waals surface area (Å²) in [6.45, 7) is 1.90. The molecule has 1 aromatic heterocycles. The van der Waals surface area contributed by atoms with E-state index in [1.807, 2.05) is 13.0 Å². The van der Waals surface area contributed by atoms with Gasteiger partial charge in [-0.15, -0.1) is 0 Å². The second-order valence-electron chi connectivity index (χ2n) is 3.49. The van der Waals surface area contributed by atoms with E-state index < -0.39 is 0 Å². The molecule has 0 aliphatic rings. The van der Waals surface area contributed by atoms with Gasteiger partial charge in [-0.05, 0) is 36.8 Å². The molecule has 0 atom stereocenters. The maximum absolute atomic E-state index is 5.85. The Morgan fingerprint density at radius 2 is 2.12 bits per heavy atom. The molecule has 0 spiro atoms. The van der Waals surface area contributed by atoms with E-state index in [2.05, 4.69) is 0 Å². The molecule has 88 valence electrons. The summed E-state index contributed by atoms with van der Waals surface area (Å²) < 4.78 is 10.9. The Hall–Kier alpha value is -1.52. The second-order valence-corrected chi connectivity index (χ2v) is 4.37. The van der Waals surface area contributed by atoms with E-state index in [0.717, 1.165) is 5.56 Å². The Morgan fingerprint density at radius 3 is 2.71 bits per heavy atom. The number of hydrogen-bond acceptors (Lipinski definition) is 3. The Kier molecular flexibility index (Phi) is 3.36. The first-order chi connectivity index (χ1) is 8.06. The fourth-order valence-corrected chi connectivity index (χ4v) is 1.68. The SMILES string of the molecule is Cc1cc(Cl)ccc1Oc1ccc(C(N)=S)o1. The smallest absolute Gasteiger partial charge is 0.290 e. The third-order valence-electron chi connectivity index (χ3n) is 2.17. The summed E-state index contributed by atoms with van der Waals surface area (Å²) >= 11 is 10.6. The predicted molar refractivity (Wildman–Crippen MR) is 70.9 cm³/mol.